The number of thioether (sulfide) groups is 1. The van der Waals surface area contributed by atoms with Gasteiger partial charge in [0.2, 0.25) is 0 Å². The van der Waals surface area contributed by atoms with Crippen molar-refractivity contribution in [3.63, 3.8) is 0 Å². The number of carbonyl (C=O) groups is 1. The van der Waals surface area contributed by atoms with E-state index in [-0.39, 0.29) is 5.78 Å². The number of Topliss-reactive ketones (excluding diaryl/α,β-unsaturated/α-hetero) is 1. The van der Waals surface area contributed by atoms with Crippen molar-refractivity contribution in [3.05, 3.63) is 84.6 Å². The van der Waals surface area contributed by atoms with Crippen molar-refractivity contribution in [2.24, 2.45) is 0 Å². The predicted octanol–water partition coefficient (Wildman–Crippen LogP) is 4.02. The SMILES string of the molecule is C=CCn1nnc(COc2ccccc2)c1SCC(=O)c1ccccc1. The molecule has 26 heavy (non-hydrogen) atoms. The Kier molecular flexibility index (Phi) is 6.22. The Bertz CT molecular complexity index is 863. The molecule has 0 atom stereocenters. The molecule has 132 valence electrons. The average Bonchev–Trinajstić information content (AvgIpc) is 3.08. The predicted molar refractivity (Wildman–Crippen MR) is 102 cm³/mol. The van der Waals surface area contributed by atoms with Crippen LogP contribution in [-0.4, -0.2) is 26.5 Å². The van der Waals surface area contributed by atoms with Crippen molar-refractivity contribution in [2.45, 2.75) is 18.2 Å². The smallest absolute Gasteiger partial charge is 0.173 e. The van der Waals surface area contributed by atoms with Gasteiger partial charge >= 0.3 is 0 Å². The number of aromatic nitrogens is 3. The van der Waals surface area contributed by atoms with Gasteiger partial charge in [-0.2, -0.15) is 0 Å². The van der Waals surface area contributed by atoms with Gasteiger partial charge in [0.1, 0.15) is 23.1 Å². The van der Waals surface area contributed by atoms with Crippen LogP contribution in [0.3, 0.4) is 0 Å². The molecule has 0 unspecified atom stereocenters. The number of para-hydroxylation sites is 1. The van der Waals surface area contributed by atoms with E-state index in [4.69, 9.17) is 4.74 Å². The van der Waals surface area contributed by atoms with E-state index in [1.54, 1.807) is 10.8 Å². The van der Waals surface area contributed by atoms with Crippen LogP contribution in [0.2, 0.25) is 0 Å². The number of rotatable bonds is 9. The minimum atomic E-state index is 0.0666. The lowest BCUT2D eigenvalue weighted by Gasteiger charge is -2.07. The molecule has 0 aliphatic carbocycles. The van der Waals surface area contributed by atoms with Crippen molar-refractivity contribution in [1.82, 2.24) is 15.0 Å². The molecular weight excluding hydrogens is 346 g/mol. The van der Waals surface area contributed by atoms with Crippen LogP contribution in [0.25, 0.3) is 0 Å². The lowest BCUT2D eigenvalue weighted by molar-refractivity contribution is 0.102. The Morgan fingerprint density at radius 1 is 1.12 bits per heavy atom. The summed E-state index contributed by atoms with van der Waals surface area (Å²) in [5.41, 5.74) is 1.41. The first-order valence-corrected chi connectivity index (χ1v) is 9.18. The third kappa shape index (κ3) is 4.61. The first-order valence-electron chi connectivity index (χ1n) is 8.20. The van der Waals surface area contributed by atoms with Crippen LogP contribution in [0.5, 0.6) is 5.75 Å². The quantitative estimate of drug-likeness (QED) is 0.326. The summed E-state index contributed by atoms with van der Waals surface area (Å²) in [6, 6.07) is 18.8. The van der Waals surface area contributed by atoms with Crippen LogP contribution < -0.4 is 4.74 Å². The number of nitrogens with zero attached hydrogens (tertiary/aromatic N) is 3. The van der Waals surface area contributed by atoms with Crippen molar-refractivity contribution in [3.8, 4) is 5.75 Å². The fourth-order valence-corrected chi connectivity index (χ4v) is 3.30. The molecule has 6 heteroatoms. The molecule has 3 rings (SSSR count). The zero-order valence-electron chi connectivity index (χ0n) is 14.2. The van der Waals surface area contributed by atoms with Gasteiger partial charge in [-0.05, 0) is 12.1 Å². The molecule has 0 amide bonds. The number of ether oxygens (including phenoxy) is 1. The molecule has 1 aromatic heterocycles. The van der Waals surface area contributed by atoms with Gasteiger partial charge in [-0.15, -0.1) is 11.7 Å². The Hall–Kier alpha value is -2.86. The highest BCUT2D eigenvalue weighted by molar-refractivity contribution is 8.00. The van der Waals surface area contributed by atoms with Crippen molar-refractivity contribution < 1.29 is 9.53 Å². The summed E-state index contributed by atoms with van der Waals surface area (Å²) in [5, 5.41) is 9.18. The average molecular weight is 365 g/mol. The summed E-state index contributed by atoms with van der Waals surface area (Å²) in [6.07, 6.45) is 1.75. The molecule has 3 aromatic rings. The van der Waals surface area contributed by atoms with Gasteiger partial charge in [0.05, 0.1) is 12.3 Å². The Labute approximate surface area is 156 Å². The summed E-state index contributed by atoms with van der Waals surface area (Å²) < 4.78 is 7.51. The largest absolute Gasteiger partial charge is 0.487 e. The Morgan fingerprint density at radius 3 is 2.50 bits per heavy atom. The highest BCUT2D eigenvalue weighted by Crippen LogP contribution is 2.24. The molecular formula is C20H19N3O2S. The molecule has 2 aromatic carbocycles. The fraction of sp³-hybridized carbons (Fsp3) is 0.150. The third-order valence-electron chi connectivity index (χ3n) is 3.61. The van der Waals surface area contributed by atoms with Crippen molar-refractivity contribution in [1.29, 1.82) is 0 Å². The van der Waals surface area contributed by atoms with Crippen LogP contribution in [0.1, 0.15) is 16.1 Å². The van der Waals surface area contributed by atoms with Crippen LogP contribution in [0.15, 0.2) is 78.3 Å². The Balaban J connectivity index is 1.70. The van der Waals surface area contributed by atoms with E-state index < -0.39 is 0 Å². The summed E-state index contributed by atoms with van der Waals surface area (Å²) in [7, 11) is 0. The zero-order valence-corrected chi connectivity index (χ0v) is 15.1. The normalized spacial score (nSPS) is 10.5. The number of hydrogen-bond acceptors (Lipinski definition) is 5. The first kappa shape index (κ1) is 17.9. The number of allylic oxidation sites excluding steroid dienone is 1. The second kappa shape index (κ2) is 9.01. The molecule has 0 saturated carbocycles. The van der Waals surface area contributed by atoms with Gasteiger partial charge in [0.25, 0.3) is 0 Å². The molecule has 0 radical (unpaired) electrons. The molecule has 0 aliphatic heterocycles. The van der Waals surface area contributed by atoms with Crippen LogP contribution >= 0.6 is 11.8 Å². The minimum absolute atomic E-state index is 0.0666. The maximum Gasteiger partial charge on any atom is 0.173 e. The number of carbonyl (C=O) groups excluding carboxylic acids is 1. The molecule has 0 bridgehead atoms. The molecule has 5 nitrogen and oxygen atoms in total. The number of hydrogen-bond donors (Lipinski definition) is 0. The lowest BCUT2D eigenvalue weighted by atomic mass is 10.2. The van der Waals surface area contributed by atoms with E-state index in [1.807, 2.05) is 60.7 Å². The summed E-state index contributed by atoms with van der Waals surface area (Å²) in [4.78, 5) is 12.4. The monoisotopic (exact) mass is 365 g/mol. The van der Waals surface area contributed by atoms with E-state index in [2.05, 4.69) is 16.9 Å². The molecule has 0 N–H and O–H groups in total. The topological polar surface area (TPSA) is 57.0 Å². The molecule has 0 spiro atoms. The summed E-state index contributed by atoms with van der Waals surface area (Å²) in [5.74, 6) is 1.14. The lowest BCUT2D eigenvalue weighted by Crippen LogP contribution is -2.06. The second-order valence-electron chi connectivity index (χ2n) is 5.49. The van der Waals surface area contributed by atoms with E-state index in [0.29, 0.717) is 30.2 Å². The van der Waals surface area contributed by atoms with Gasteiger partial charge in [0, 0.05) is 5.56 Å². The van der Waals surface area contributed by atoms with E-state index in [1.165, 1.54) is 11.8 Å². The molecule has 0 fully saturated rings. The van der Waals surface area contributed by atoms with E-state index in [9.17, 15) is 4.79 Å². The number of ketones is 1. The maximum absolute atomic E-state index is 12.4. The van der Waals surface area contributed by atoms with Gasteiger partial charge in [-0.3, -0.25) is 4.79 Å². The van der Waals surface area contributed by atoms with Gasteiger partial charge in [-0.25, -0.2) is 4.68 Å². The first-order chi connectivity index (χ1) is 12.8. The summed E-state index contributed by atoms with van der Waals surface area (Å²) in [6.45, 7) is 4.57. The summed E-state index contributed by atoms with van der Waals surface area (Å²) >= 11 is 1.42. The second-order valence-corrected chi connectivity index (χ2v) is 6.46. The fourth-order valence-electron chi connectivity index (χ4n) is 2.34. The third-order valence-corrected chi connectivity index (χ3v) is 4.74. The zero-order chi connectivity index (χ0) is 18.2. The minimum Gasteiger partial charge on any atom is -0.487 e. The highest BCUT2D eigenvalue weighted by Gasteiger charge is 2.16. The molecule has 0 saturated heterocycles. The molecule has 0 aliphatic rings. The van der Waals surface area contributed by atoms with Gasteiger partial charge in [-0.1, -0.05) is 71.6 Å². The van der Waals surface area contributed by atoms with E-state index >= 15 is 0 Å². The highest BCUT2D eigenvalue weighted by atomic mass is 32.2. The number of benzene rings is 2. The standard InChI is InChI=1S/C20H19N3O2S/c1-2-13-23-20(26-15-19(24)16-9-5-3-6-10-16)18(21-22-23)14-25-17-11-7-4-8-12-17/h2-12H,1,13-15H2. The Morgan fingerprint density at radius 2 is 1.81 bits per heavy atom. The van der Waals surface area contributed by atoms with Crippen molar-refractivity contribution >= 4 is 17.5 Å². The van der Waals surface area contributed by atoms with Gasteiger partial charge < -0.3 is 4.74 Å². The van der Waals surface area contributed by atoms with Crippen LogP contribution in [0, 0.1) is 0 Å². The van der Waals surface area contributed by atoms with Crippen LogP contribution in [0.4, 0.5) is 0 Å². The van der Waals surface area contributed by atoms with E-state index in [0.717, 1.165) is 10.8 Å². The molecule has 1 heterocycles. The maximum atomic E-state index is 12.4. The van der Waals surface area contributed by atoms with Crippen molar-refractivity contribution in [2.75, 3.05) is 5.75 Å². The van der Waals surface area contributed by atoms with Crippen LogP contribution in [-0.2, 0) is 13.2 Å². The van der Waals surface area contributed by atoms with Gasteiger partial charge in [0.15, 0.2) is 5.78 Å².